The van der Waals surface area contributed by atoms with Crippen molar-refractivity contribution in [3.8, 4) is 11.5 Å². The van der Waals surface area contributed by atoms with E-state index in [4.69, 9.17) is 15.2 Å². The van der Waals surface area contributed by atoms with Crippen LogP contribution in [0.15, 0.2) is 53.5 Å². The minimum absolute atomic E-state index is 0.205. The molecule has 1 unspecified atom stereocenters. The first kappa shape index (κ1) is 19.0. The molecule has 1 heterocycles. The van der Waals surface area contributed by atoms with Crippen LogP contribution in [0.3, 0.4) is 0 Å². The van der Waals surface area contributed by atoms with E-state index in [-0.39, 0.29) is 6.04 Å². The normalized spacial score (nSPS) is 16.1. The predicted molar refractivity (Wildman–Crippen MR) is 110 cm³/mol. The fraction of sp³-hybridized carbons (Fsp3) is 0.381. The van der Waals surface area contributed by atoms with E-state index in [0.717, 1.165) is 30.3 Å². The van der Waals surface area contributed by atoms with Crippen molar-refractivity contribution < 1.29 is 9.47 Å². The van der Waals surface area contributed by atoms with Gasteiger partial charge in [0.15, 0.2) is 5.96 Å². The summed E-state index contributed by atoms with van der Waals surface area (Å²) in [4.78, 5) is 7.09. The van der Waals surface area contributed by atoms with Crippen LogP contribution in [-0.2, 0) is 0 Å². The number of guanidine groups is 1. The van der Waals surface area contributed by atoms with Crippen molar-refractivity contribution in [2.75, 3.05) is 39.2 Å². The summed E-state index contributed by atoms with van der Waals surface area (Å²) in [5, 5.41) is 3.14. The minimum atomic E-state index is 0.205. The van der Waals surface area contributed by atoms with Gasteiger partial charge in [0.05, 0.1) is 32.5 Å². The maximum atomic E-state index is 6.14. The summed E-state index contributed by atoms with van der Waals surface area (Å²) >= 11 is 0. The quantitative estimate of drug-likeness (QED) is 0.580. The van der Waals surface area contributed by atoms with Crippen molar-refractivity contribution in [1.29, 1.82) is 0 Å². The van der Waals surface area contributed by atoms with E-state index in [0.29, 0.717) is 12.5 Å². The topological polar surface area (TPSA) is 72.1 Å². The number of rotatable bonds is 7. The molecule has 0 bridgehead atoms. The largest absolute Gasteiger partial charge is 0.497 e. The lowest BCUT2D eigenvalue weighted by molar-refractivity contribution is 0.251. The Morgan fingerprint density at radius 1 is 1.07 bits per heavy atom. The molecule has 1 aliphatic rings. The van der Waals surface area contributed by atoms with Gasteiger partial charge in [-0.2, -0.15) is 0 Å². The van der Waals surface area contributed by atoms with Crippen LogP contribution in [0.5, 0.6) is 11.5 Å². The maximum Gasteiger partial charge on any atom is 0.193 e. The van der Waals surface area contributed by atoms with E-state index in [2.05, 4.69) is 27.3 Å². The zero-order valence-corrected chi connectivity index (χ0v) is 16.0. The second-order valence-corrected chi connectivity index (χ2v) is 6.58. The lowest BCUT2D eigenvalue weighted by atomic mass is 10.1. The van der Waals surface area contributed by atoms with Crippen LogP contribution in [0.4, 0.5) is 5.69 Å². The zero-order chi connectivity index (χ0) is 19.1. The van der Waals surface area contributed by atoms with Crippen molar-refractivity contribution in [2.24, 2.45) is 10.7 Å². The van der Waals surface area contributed by atoms with Gasteiger partial charge >= 0.3 is 0 Å². The number of nitrogens with one attached hydrogen (secondary N) is 1. The van der Waals surface area contributed by atoms with Crippen molar-refractivity contribution in [3.63, 3.8) is 0 Å². The molecule has 2 aromatic rings. The lowest BCUT2D eigenvalue weighted by Gasteiger charge is -2.27. The number of methoxy groups -OCH3 is 2. The molecule has 0 saturated carbocycles. The summed E-state index contributed by atoms with van der Waals surface area (Å²) in [7, 11) is 3.32. The summed E-state index contributed by atoms with van der Waals surface area (Å²) in [5.41, 5.74) is 8.18. The van der Waals surface area contributed by atoms with Crippen LogP contribution in [-0.4, -0.2) is 44.7 Å². The number of para-hydroxylation sites is 2. The molecule has 0 aliphatic carbocycles. The van der Waals surface area contributed by atoms with Crippen LogP contribution < -0.4 is 20.5 Å². The Morgan fingerprint density at radius 3 is 2.44 bits per heavy atom. The Labute approximate surface area is 161 Å². The Morgan fingerprint density at radius 2 is 1.78 bits per heavy atom. The van der Waals surface area contributed by atoms with Gasteiger partial charge in [-0.15, -0.1) is 0 Å². The molecular formula is C21H28N4O2. The predicted octanol–water partition coefficient (Wildman–Crippen LogP) is 3.27. The van der Waals surface area contributed by atoms with Crippen LogP contribution >= 0.6 is 0 Å². The second kappa shape index (κ2) is 9.28. The van der Waals surface area contributed by atoms with Crippen molar-refractivity contribution in [2.45, 2.75) is 18.9 Å². The Hall–Kier alpha value is -2.73. The fourth-order valence-corrected chi connectivity index (χ4v) is 3.42. The molecule has 27 heavy (non-hydrogen) atoms. The standard InChI is InChI=1S/C21H28N4O2/c1-26-17-11-9-16(10-12-17)19(25-13-5-6-14-25)15-23-21(22)24-18-7-3-4-8-20(18)27-2/h3-4,7-12,19H,5-6,13-15H2,1-2H3,(H3,22,23,24). The highest BCUT2D eigenvalue weighted by Gasteiger charge is 2.23. The van der Waals surface area contributed by atoms with Gasteiger partial charge < -0.3 is 20.5 Å². The third-order valence-electron chi connectivity index (χ3n) is 4.89. The molecule has 144 valence electrons. The van der Waals surface area contributed by atoms with Gasteiger partial charge in [-0.25, -0.2) is 0 Å². The van der Waals surface area contributed by atoms with Gasteiger partial charge in [0, 0.05) is 0 Å². The molecule has 6 nitrogen and oxygen atoms in total. The molecule has 1 aliphatic heterocycles. The number of hydrogen-bond acceptors (Lipinski definition) is 4. The molecule has 0 aromatic heterocycles. The smallest absolute Gasteiger partial charge is 0.193 e. The van der Waals surface area contributed by atoms with Gasteiger partial charge in [0.2, 0.25) is 0 Å². The zero-order valence-electron chi connectivity index (χ0n) is 16.0. The molecule has 1 atom stereocenters. The molecule has 0 spiro atoms. The van der Waals surface area contributed by atoms with Crippen molar-refractivity contribution >= 4 is 11.6 Å². The molecule has 1 saturated heterocycles. The highest BCUT2D eigenvalue weighted by Crippen LogP contribution is 2.27. The van der Waals surface area contributed by atoms with E-state index in [1.54, 1.807) is 14.2 Å². The molecule has 2 aromatic carbocycles. The first-order chi connectivity index (χ1) is 13.2. The molecule has 6 heteroatoms. The SMILES string of the molecule is COc1ccc(C(CN=C(N)Nc2ccccc2OC)N2CCCC2)cc1. The average molecular weight is 368 g/mol. The van der Waals surface area contributed by atoms with Crippen LogP contribution in [0.2, 0.25) is 0 Å². The summed E-state index contributed by atoms with van der Waals surface area (Å²) in [6.45, 7) is 2.78. The highest BCUT2D eigenvalue weighted by molar-refractivity contribution is 5.93. The van der Waals surface area contributed by atoms with Crippen LogP contribution in [0.1, 0.15) is 24.4 Å². The van der Waals surface area contributed by atoms with Gasteiger partial charge in [0.1, 0.15) is 11.5 Å². The van der Waals surface area contributed by atoms with Gasteiger partial charge in [-0.3, -0.25) is 9.89 Å². The minimum Gasteiger partial charge on any atom is -0.497 e. The van der Waals surface area contributed by atoms with Gasteiger partial charge in [-0.1, -0.05) is 24.3 Å². The molecule has 1 fully saturated rings. The molecule has 0 amide bonds. The average Bonchev–Trinajstić information content (AvgIpc) is 3.23. The summed E-state index contributed by atoms with van der Waals surface area (Å²) in [6.07, 6.45) is 2.45. The number of nitrogens with two attached hydrogens (primary N) is 1. The third-order valence-corrected chi connectivity index (χ3v) is 4.89. The van der Waals surface area contributed by atoms with Crippen LogP contribution in [0, 0.1) is 0 Å². The number of nitrogens with zero attached hydrogens (tertiary/aromatic N) is 2. The number of likely N-dealkylation sites (tertiary alicyclic amines) is 1. The molecule has 0 radical (unpaired) electrons. The number of aliphatic imine (C=N–C) groups is 1. The van der Waals surface area contributed by atoms with Crippen LogP contribution in [0.25, 0.3) is 0 Å². The number of benzene rings is 2. The summed E-state index contributed by atoms with van der Waals surface area (Å²) < 4.78 is 10.6. The van der Waals surface area contributed by atoms with Gasteiger partial charge in [0.25, 0.3) is 0 Å². The Balaban J connectivity index is 1.73. The van der Waals surface area contributed by atoms with E-state index in [9.17, 15) is 0 Å². The molecule has 3 rings (SSSR count). The summed E-state index contributed by atoms with van der Waals surface area (Å²) in [5.74, 6) is 1.99. The number of ether oxygens (including phenoxy) is 2. The van der Waals surface area contributed by atoms with E-state index in [1.165, 1.54) is 18.4 Å². The highest BCUT2D eigenvalue weighted by atomic mass is 16.5. The maximum absolute atomic E-state index is 6.14. The monoisotopic (exact) mass is 368 g/mol. The molecule has 3 N–H and O–H groups in total. The Bertz CT molecular complexity index is 755. The van der Waals surface area contributed by atoms with Gasteiger partial charge in [-0.05, 0) is 55.8 Å². The van der Waals surface area contributed by atoms with Crippen molar-refractivity contribution in [1.82, 2.24) is 4.90 Å². The van der Waals surface area contributed by atoms with E-state index < -0.39 is 0 Å². The second-order valence-electron chi connectivity index (χ2n) is 6.58. The fourth-order valence-electron chi connectivity index (χ4n) is 3.42. The van der Waals surface area contributed by atoms with E-state index in [1.807, 2.05) is 36.4 Å². The first-order valence-corrected chi connectivity index (χ1v) is 9.29. The number of anilines is 1. The molecular weight excluding hydrogens is 340 g/mol. The first-order valence-electron chi connectivity index (χ1n) is 9.29. The van der Waals surface area contributed by atoms with E-state index >= 15 is 0 Å². The summed E-state index contributed by atoms with van der Waals surface area (Å²) in [6, 6.07) is 16.1. The Kier molecular flexibility index (Phi) is 6.54. The number of hydrogen-bond donors (Lipinski definition) is 2. The third kappa shape index (κ3) is 4.92. The van der Waals surface area contributed by atoms with Crippen molar-refractivity contribution in [3.05, 3.63) is 54.1 Å². The lowest BCUT2D eigenvalue weighted by Crippen LogP contribution is -2.30.